The molecule has 156 valence electrons. The predicted octanol–water partition coefficient (Wildman–Crippen LogP) is 7.72. The third-order valence-electron chi connectivity index (χ3n) is 6.14. The molecule has 4 rings (SSSR count). The van der Waals surface area contributed by atoms with E-state index in [9.17, 15) is 0 Å². The molecule has 1 atom stereocenters. The van der Waals surface area contributed by atoms with Crippen molar-refractivity contribution in [2.45, 2.75) is 24.7 Å². The zero-order valence-electron chi connectivity index (χ0n) is 18.1. The summed E-state index contributed by atoms with van der Waals surface area (Å²) < 4.78 is 0. The summed E-state index contributed by atoms with van der Waals surface area (Å²) in [6, 6.07) is 44.1. The van der Waals surface area contributed by atoms with Crippen LogP contribution in [-0.4, -0.2) is 12.3 Å². The summed E-state index contributed by atoms with van der Waals surface area (Å²) >= 11 is 0. The van der Waals surface area contributed by atoms with Crippen molar-refractivity contribution in [2.24, 2.45) is 0 Å². The van der Waals surface area contributed by atoms with Crippen molar-refractivity contribution in [2.75, 3.05) is 12.3 Å². The van der Waals surface area contributed by atoms with E-state index in [1.54, 1.807) is 0 Å². The largest absolute Gasteiger partial charge is 0.122 e. The van der Waals surface area contributed by atoms with Gasteiger partial charge in [-0.2, -0.15) is 0 Å². The molecule has 0 aliphatic carbocycles. The molecule has 0 fully saturated rings. The Bertz CT molecular complexity index is 914. The first-order valence-corrected chi connectivity index (χ1v) is 12.7. The molecule has 4 aromatic rings. The number of aryl methyl sites for hydroxylation is 1. The standard InChI is InChI=1S/C30H31P/c1-5-14-26(15-6-1)16-13-24-31-25-23-30(27-17-7-2-8-18-27,28-19-9-3-10-20-28)29-21-11-4-12-22-29/h1-12,14-15,17-22,31H,13,16,23-25H2. The van der Waals surface area contributed by atoms with Gasteiger partial charge >= 0.3 is 0 Å². The molecule has 0 saturated heterocycles. The van der Waals surface area contributed by atoms with Crippen LogP contribution >= 0.6 is 8.58 Å². The van der Waals surface area contributed by atoms with Gasteiger partial charge in [0.2, 0.25) is 0 Å². The molecular formula is C30H31P. The molecular weight excluding hydrogens is 391 g/mol. The minimum atomic E-state index is -0.101. The molecule has 0 spiro atoms. The minimum Gasteiger partial charge on any atom is -0.122 e. The maximum absolute atomic E-state index is 2.30. The second-order valence-corrected chi connectivity index (χ2v) is 9.59. The van der Waals surface area contributed by atoms with Crippen molar-refractivity contribution in [1.82, 2.24) is 0 Å². The lowest BCUT2D eigenvalue weighted by Gasteiger charge is -2.36. The molecule has 0 saturated carbocycles. The molecule has 0 nitrogen and oxygen atoms in total. The number of rotatable bonds is 10. The van der Waals surface area contributed by atoms with Gasteiger partial charge in [0.1, 0.15) is 0 Å². The van der Waals surface area contributed by atoms with Gasteiger partial charge < -0.3 is 0 Å². The zero-order valence-corrected chi connectivity index (χ0v) is 19.1. The van der Waals surface area contributed by atoms with Crippen molar-refractivity contribution < 1.29 is 0 Å². The Balaban J connectivity index is 1.54. The van der Waals surface area contributed by atoms with Crippen molar-refractivity contribution in [3.05, 3.63) is 144 Å². The Kier molecular flexibility index (Phi) is 7.70. The first-order chi connectivity index (χ1) is 15.4. The Morgan fingerprint density at radius 1 is 0.484 bits per heavy atom. The van der Waals surface area contributed by atoms with E-state index in [0.29, 0.717) is 0 Å². The lowest BCUT2D eigenvalue weighted by molar-refractivity contribution is 0.598. The van der Waals surface area contributed by atoms with Crippen LogP contribution in [0.1, 0.15) is 35.1 Å². The summed E-state index contributed by atoms with van der Waals surface area (Å²) in [4.78, 5) is 0. The molecule has 0 N–H and O–H groups in total. The first kappa shape index (κ1) is 21.5. The summed E-state index contributed by atoms with van der Waals surface area (Å²) in [5, 5.41) is 0. The van der Waals surface area contributed by atoms with Crippen LogP contribution in [0.5, 0.6) is 0 Å². The van der Waals surface area contributed by atoms with Crippen LogP contribution in [0.2, 0.25) is 0 Å². The fourth-order valence-electron chi connectivity index (χ4n) is 4.56. The van der Waals surface area contributed by atoms with Gasteiger partial charge in [-0.05, 0) is 53.8 Å². The van der Waals surface area contributed by atoms with Gasteiger partial charge in [0, 0.05) is 5.41 Å². The second-order valence-electron chi connectivity index (χ2n) is 8.09. The molecule has 0 aromatic heterocycles. The van der Waals surface area contributed by atoms with Crippen molar-refractivity contribution in [3.8, 4) is 0 Å². The summed E-state index contributed by atoms with van der Waals surface area (Å²) in [5.74, 6) is 0. The summed E-state index contributed by atoms with van der Waals surface area (Å²) in [7, 11) is 0.992. The molecule has 0 amide bonds. The average molecular weight is 423 g/mol. The Morgan fingerprint density at radius 2 is 0.903 bits per heavy atom. The Hall–Kier alpha value is -2.69. The molecule has 0 aliphatic rings. The number of benzene rings is 4. The van der Waals surface area contributed by atoms with Crippen LogP contribution in [0, 0.1) is 0 Å². The molecule has 0 bridgehead atoms. The highest BCUT2D eigenvalue weighted by Gasteiger charge is 2.35. The average Bonchev–Trinajstić information content (AvgIpc) is 2.86. The Labute approximate surface area is 189 Å². The molecule has 1 heteroatoms. The van der Waals surface area contributed by atoms with E-state index in [-0.39, 0.29) is 5.41 Å². The summed E-state index contributed by atoms with van der Waals surface area (Å²) in [6.45, 7) is 0. The van der Waals surface area contributed by atoms with Gasteiger partial charge in [-0.3, -0.25) is 0 Å². The lowest BCUT2D eigenvalue weighted by Crippen LogP contribution is -2.30. The topological polar surface area (TPSA) is 0 Å². The van der Waals surface area contributed by atoms with Crippen LogP contribution in [0.3, 0.4) is 0 Å². The van der Waals surface area contributed by atoms with E-state index in [0.717, 1.165) is 15.0 Å². The van der Waals surface area contributed by atoms with Gasteiger partial charge in [0.25, 0.3) is 0 Å². The SMILES string of the molecule is c1ccc(CCCPCCC(c2ccccc2)(c2ccccc2)c2ccccc2)cc1. The maximum atomic E-state index is 2.30. The summed E-state index contributed by atoms with van der Waals surface area (Å²) in [6.07, 6.45) is 6.15. The smallest absolute Gasteiger partial charge is 0.0454 e. The van der Waals surface area contributed by atoms with Crippen LogP contribution in [0.4, 0.5) is 0 Å². The number of hydrogen-bond donors (Lipinski definition) is 0. The Morgan fingerprint density at radius 3 is 1.35 bits per heavy atom. The molecule has 0 radical (unpaired) electrons. The quantitative estimate of drug-likeness (QED) is 0.139. The predicted molar refractivity (Wildman–Crippen MR) is 137 cm³/mol. The van der Waals surface area contributed by atoms with Crippen LogP contribution in [0.15, 0.2) is 121 Å². The lowest BCUT2D eigenvalue weighted by atomic mass is 9.68. The first-order valence-electron chi connectivity index (χ1n) is 11.3. The molecule has 31 heavy (non-hydrogen) atoms. The van der Waals surface area contributed by atoms with Crippen LogP contribution in [0.25, 0.3) is 0 Å². The van der Waals surface area contributed by atoms with E-state index in [1.807, 2.05) is 0 Å². The van der Waals surface area contributed by atoms with E-state index in [4.69, 9.17) is 0 Å². The van der Waals surface area contributed by atoms with Gasteiger partial charge in [0.05, 0.1) is 0 Å². The van der Waals surface area contributed by atoms with E-state index < -0.39 is 0 Å². The summed E-state index contributed by atoms with van der Waals surface area (Å²) in [5.41, 5.74) is 5.53. The van der Waals surface area contributed by atoms with Gasteiger partial charge in [-0.1, -0.05) is 121 Å². The maximum Gasteiger partial charge on any atom is 0.0454 e. The van der Waals surface area contributed by atoms with Crippen molar-refractivity contribution >= 4 is 8.58 Å². The zero-order chi connectivity index (χ0) is 21.2. The molecule has 0 heterocycles. The monoisotopic (exact) mass is 422 g/mol. The third kappa shape index (κ3) is 5.33. The van der Waals surface area contributed by atoms with Gasteiger partial charge in [0.15, 0.2) is 0 Å². The fourth-order valence-corrected chi connectivity index (χ4v) is 5.79. The highest BCUT2D eigenvalue weighted by atomic mass is 31.1. The molecule has 1 unspecified atom stereocenters. The molecule has 0 aliphatic heterocycles. The van der Waals surface area contributed by atoms with Gasteiger partial charge in [-0.15, -0.1) is 8.58 Å². The van der Waals surface area contributed by atoms with Crippen molar-refractivity contribution in [1.29, 1.82) is 0 Å². The molecule has 4 aromatic carbocycles. The van der Waals surface area contributed by atoms with E-state index >= 15 is 0 Å². The third-order valence-corrected chi connectivity index (χ3v) is 7.45. The fraction of sp³-hybridized carbons (Fsp3) is 0.200. The highest BCUT2D eigenvalue weighted by molar-refractivity contribution is 7.37. The number of hydrogen-bond acceptors (Lipinski definition) is 0. The second kappa shape index (κ2) is 11.1. The normalized spacial score (nSPS) is 11.7. The van der Waals surface area contributed by atoms with Crippen molar-refractivity contribution in [3.63, 3.8) is 0 Å². The van der Waals surface area contributed by atoms with Crippen LogP contribution in [-0.2, 0) is 11.8 Å². The van der Waals surface area contributed by atoms with E-state index in [2.05, 4.69) is 121 Å². The van der Waals surface area contributed by atoms with Crippen LogP contribution < -0.4 is 0 Å². The highest BCUT2D eigenvalue weighted by Crippen LogP contribution is 2.43. The van der Waals surface area contributed by atoms with E-state index in [1.165, 1.54) is 47.4 Å². The minimum absolute atomic E-state index is 0.101. The van der Waals surface area contributed by atoms with Gasteiger partial charge in [-0.25, -0.2) is 0 Å².